The Balaban J connectivity index is 1.31. The van der Waals surface area contributed by atoms with Gasteiger partial charge in [0, 0.05) is 44.3 Å². The zero-order valence-corrected chi connectivity index (χ0v) is 20.0. The summed E-state index contributed by atoms with van der Waals surface area (Å²) in [5.74, 6) is 1.25. The number of rotatable bonds is 6. The van der Waals surface area contributed by atoms with E-state index in [1.54, 1.807) is 4.90 Å². The van der Waals surface area contributed by atoms with Gasteiger partial charge in [-0.05, 0) is 49.2 Å². The number of piperidine rings is 1. The maximum absolute atomic E-state index is 13.2. The Kier molecular flexibility index (Phi) is 6.83. The number of nitrogens with zero attached hydrogens (tertiary/aromatic N) is 5. The lowest BCUT2D eigenvalue weighted by molar-refractivity contribution is -0.140. The largest absolute Gasteiger partial charge is 0.342 e. The first-order valence-electron chi connectivity index (χ1n) is 12.0. The highest BCUT2D eigenvalue weighted by Gasteiger charge is 2.31. The van der Waals surface area contributed by atoms with Crippen LogP contribution in [0.15, 0.2) is 48.5 Å². The number of carbonyl (C=O) groups is 2. The topological polar surface area (TPSA) is 61.7 Å². The van der Waals surface area contributed by atoms with Crippen molar-refractivity contribution < 1.29 is 9.59 Å². The molecule has 2 aliphatic rings. The average Bonchev–Trinajstić information content (AvgIpc) is 3.22. The number of likely N-dealkylation sites (tertiary alicyclic amines) is 1. The van der Waals surface area contributed by atoms with Crippen LogP contribution in [0.4, 0.5) is 0 Å². The van der Waals surface area contributed by atoms with E-state index < -0.39 is 0 Å². The van der Waals surface area contributed by atoms with Crippen LogP contribution in [0.2, 0.25) is 5.02 Å². The predicted molar refractivity (Wildman–Crippen MR) is 133 cm³/mol. The lowest BCUT2D eigenvalue weighted by Crippen LogP contribution is -2.52. The number of benzene rings is 2. The van der Waals surface area contributed by atoms with Gasteiger partial charge in [-0.25, -0.2) is 4.98 Å². The van der Waals surface area contributed by atoms with E-state index in [-0.39, 0.29) is 11.8 Å². The fourth-order valence-corrected chi connectivity index (χ4v) is 5.23. The summed E-state index contributed by atoms with van der Waals surface area (Å²) >= 11 is 6.08. The van der Waals surface area contributed by atoms with Gasteiger partial charge in [0.15, 0.2) is 0 Å². The minimum absolute atomic E-state index is 0.00521. The number of aromatic nitrogens is 2. The highest BCUT2D eigenvalue weighted by molar-refractivity contribution is 6.30. The van der Waals surface area contributed by atoms with Crippen LogP contribution in [0.25, 0.3) is 11.0 Å². The SMILES string of the molecule is O=CN1CCN(C(=O)[C@@H]2CCCN(Cc3nc4ccccc4n3Cc3ccc(Cl)cc3)C2)CC1. The van der Waals surface area contributed by atoms with Crippen LogP contribution < -0.4 is 0 Å². The first-order chi connectivity index (χ1) is 16.6. The van der Waals surface area contributed by atoms with E-state index in [1.807, 2.05) is 29.2 Å². The minimum Gasteiger partial charge on any atom is -0.342 e. The number of imidazole rings is 1. The van der Waals surface area contributed by atoms with Crippen molar-refractivity contribution in [3.63, 3.8) is 0 Å². The Bertz CT molecular complexity index is 1150. The summed E-state index contributed by atoms with van der Waals surface area (Å²) < 4.78 is 2.28. The van der Waals surface area contributed by atoms with E-state index in [1.165, 1.54) is 5.56 Å². The Morgan fingerprint density at radius 2 is 1.76 bits per heavy atom. The molecule has 5 rings (SSSR count). The first-order valence-corrected chi connectivity index (χ1v) is 12.4. The second-order valence-corrected chi connectivity index (χ2v) is 9.71. The number of piperazine rings is 1. The quantitative estimate of drug-likeness (QED) is 0.509. The summed E-state index contributed by atoms with van der Waals surface area (Å²) in [5.41, 5.74) is 3.28. The summed E-state index contributed by atoms with van der Waals surface area (Å²) in [7, 11) is 0. The average molecular weight is 480 g/mol. The molecule has 0 radical (unpaired) electrons. The minimum atomic E-state index is 0.00521. The number of para-hydroxylation sites is 2. The number of amides is 2. The van der Waals surface area contributed by atoms with Crippen LogP contribution in [-0.4, -0.2) is 75.8 Å². The van der Waals surface area contributed by atoms with Gasteiger partial charge >= 0.3 is 0 Å². The zero-order valence-electron chi connectivity index (χ0n) is 19.3. The Morgan fingerprint density at radius 1 is 1.00 bits per heavy atom. The standard InChI is InChI=1S/C26H30ClN5O2/c27-22-9-7-20(8-10-22)16-32-24-6-2-1-5-23(24)28-25(32)18-30-11-3-4-21(17-30)26(34)31-14-12-29(19-33)13-15-31/h1-2,5-10,19,21H,3-4,11-18H2/t21-/m1/s1. The second kappa shape index (κ2) is 10.2. The summed E-state index contributed by atoms with van der Waals surface area (Å²) in [5, 5.41) is 0.732. The molecule has 0 spiro atoms. The molecule has 8 heteroatoms. The van der Waals surface area contributed by atoms with Crippen molar-refractivity contribution in [3.8, 4) is 0 Å². The molecule has 178 valence electrons. The van der Waals surface area contributed by atoms with Crippen LogP contribution in [-0.2, 0) is 22.7 Å². The monoisotopic (exact) mass is 479 g/mol. The molecule has 0 bridgehead atoms. The molecular formula is C26H30ClN5O2. The Labute approximate surface area is 204 Å². The third-order valence-electron chi connectivity index (χ3n) is 6.98. The van der Waals surface area contributed by atoms with Crippen LogP contribution in [0, 0.1) is 5.92 Å². The number of hydrogen-bond acceptors (Lipinski definition) is 4. The molecule has 2 saturated heterocycles. The number of hydrogen-bond donors (Lipinski definition) is 0. The van der Waals surface area contributed by atoms with Gasteiger partial charge in [-0.15, -0.1) is 0 Å². The van der Waals surface area contributed by atoms with E-state index in [2.05, 4.69) is 33.7 Å². The summed E-state index contributed by atoms with van der Waals surface area (Å²) in [6, 6.07) is 16.2. The highest BCUT2D eigenvalue weighted by atomic mass is 35.5. The fraction of sp³-hybridized carbons (Fsp3) is 0.423. The fourth-order valence-electron chi connectivity index (χ4n) is 5.10. The van der Waals surface area contributed by atoms with Crippen molar-refractivity contribution in [1.29, 1.82) is 0 Å². The summed E-state index contributed by atoms with van der Waals surface area (Å²) in [6.45, 7) is 5.66. The van der Waals surface area contributed by atoms with Gasteiger partial charge in [-0.1, -0.05) is 35.9 Å². The Hall–Kier alpha value is -2.90. The van der Waals surface area contributed by atoms with Crippen LogP contribution >= 0.6 is 11.6 Å². The molecule has 3 heterocycles. The number of halogens is 1. The molecule has 34 heavy (non-hydrogen) atoms. The molecule has 2 amide bonds. The second-order valence-electron chi connectivity index (χ2n) is 9.27. The van der Waals surface area contributed by atoms with Crippen molar-refractivity contribution in [1.82, 2.24) is 24.3 Å². The molecule has 0 saturated carbocycles. The van der Waals surface area contributed by atoms with Gasteiger partial charge in [0.05, 0.1) is 23.5 Å². The summed E-state index contributed by atoms with van der Waals surface area (Å²) in [6.07, 6.45) is 2.80. The summed E-state index contributed by atoms with van der Waals surface area (Å²) in [4.78, 5) is 35.2. The lowest BCUT2D eigenvalue weighted by Gasteiger charge is -2.38. The molecule has 0 unspecified atom stereocenters. The van der Waals surface area contributed by atoms with Crippen molar-refractivity contribution in [3.05, 3.63) is 64.9 Å². The van der Waals surface area contributed by atoms with Crippen molar-refractivity contribution in [2.75, 3.05) is 39.3 Å². The molecule has 3 aromatic rings. The predicted octanol–water partition coefficient (Wildman–Crippen LogP) is 3.25. The van der Waals surface area contributed by atoms with Gasteiger partial charge in [0.1, 0.15) is 5.82 Å². The maximum Gasteiger partial charge on any atom is 0.227 e. The van der Waals surface area contributed by atoms with Gasteiger partial charge in [-0.3, -0.25) is 14.5 Å². The van der Waals surface area contributed by atoms with E-state index in [4.69, 9.17) is 16.6 Å². The molecule has 0 N–H and O–H groups in total. The molecule has 2 aromatic carbocycles. The molecule has 1 aromatic heterocycles. The molecule has 0 aliphatic carbocycles. The molecule has 2 fully saturated rings. The molecular weight excluding hydrogens is 450 g/mol. The number of carbonyl (C=O) groups excluding carboxylic acids is 2. The molecule has 1 atom stereocenters. The molecule has 2 aliphatic heterocycles. The van der Waals surface area contributed by atoms with E-state index in [0.29, 0.717) is 32.7 Å². The third kappa shape index (κ3) is 4.95. The zero-order chi connectivity index (χ0) is 23.5. The highest BCUT2D eigenvalue weighted by Crippen LogP contribution is 2.24. The van der Waals surface area contributed by atoms with E-state index >= 15 is 0 Å². The third-order valence-corrected chi connectivity index (χ3v) is 7.23. The van der Waals surface area contributed by atoms with Gasteiger partial charge in [0.25, 0.3) is 0 Å². The van der Waals surface area contributed by atoms with E-state index in [0.717, 1.165) is 60.8 Å². The van der Waals surface area contributed by atoms with Gasteiger partial charge in [0.2, 0.25) is 12.3 Å². The Morgan fingerprint density at radius 3 is 2.53 bits per heavy atom. The van der Waals surface area contributed by atoms with Gasteiger partial charge < -0.3 is 14.4 Å². The number of fused-ring (bicyclic) bond motifs is 1. The maximum atomic E-state index is 13.2. The van der Waals surface area contributed by atoms with E-state index in [9.17, 15) is 9.59 Å². The van der Waals surface area contributed by atoms with Crippen molar-refractivity contribution >= 4 is 35.0 Å². The lowest BCUT2D eigenvalue weighted by atomic mass is 9.96. The van der Waals surface area contributed by atoms with Crippen LogP contribution in [0.1, 0.15) is 24.2 Å². The van der Waals surface area contributed by atoms with Crippen LogP contribution in [0.3, 0.4) is 0 Å². The first kappa shape index (κ1) is 22.9. The van der Waals surface area contributed by atoms with Crippen molar-refractivity contribution in [2.24, 2.45) is 5.92 Å². The normalized spacial score (nSPS) is 19.5. The van der Waals surface area contributed by atoms with Crippen LogP contribution in [0.5, 0.6) is 0 Å². The van der Waals surface area contributed by atoms with Gasteiger partial charge in [-0.2, -0.15) is 0 Å². The smallest absolute Gasteiger partial charge is 0.227 e. The molecule has 7 nitrogen and oxygen atoms in total. The van der Waals surface area contributed by atoms with Crippen molar-refractivity contribution in [2.45, 2.75) is 25.9 Å².